The van der Waals surface area contributed by atoms with Crippen molar-refractivity contribution in [2.24, 2.45) is 0 Å². The van der Waals surface area contributed by atoms with E-state index in [-0.39, 0.29) is 5.78 Å². The second-order valence-electron chi connectivity index (χ2n) is 5.75. The zero-order chi connectivity index (χ0) is 17.7. The Hall–Kier alpha value is -2.36. The summed E-state index contributed by atoms with van der Waals surface area (Å²) in [5.41, 5.74) is 1.30. The van der Waals surface area contributed by atoms with Gasteiger partial charge in [-0.3, -0.25) is 4.79 Å². The molecule has 2 aromatic rings. The summed E-state index contributed by atoms with van der Waals surface area (Å²) >= 11 is 0. The van der Waals surface area contributed by atoms with Gasteiger partial charge in [-0.15, -0.1) is 0 Å². The van der Waals surface area contributed by atoms with Crippen molar-refractivity contribution in [3.05, 3.63) is 76.9 Å². The third kappa shape index (κ3) is 4.57. The molecular weight excluding hydrogens is 313 g/mol. The van der Waals surface area contributed by atoms with Crippen LogP contribution in [0.25, 0.3) is 6.08 Å². The van der Waals surface area contributed by atoms with Crippen LogP contribution in [-0.4, -0.2) is 5.78 Å². The van der Waals surface area contributed by atoms with Crippen molar-refractivity contribution >= 4 is 11.9 Å². The van der Waals surface area contributed by atoms with E-state index in [9.17, 15) is 18.0 Å². The number of carbonyl (C=O) groups excluding carboxylic acids is 1. The lowest BCUT2D eigenvalue weighted by atomic mass is 9.97. The molecule has 24 heavy (non-hydrogen) atoms. The maximum Gasteiger partial charge on any atom is 0.416 e. The molecular formula is C20H19F3O. The van der Waals surface area contributed by atoms with Crippen LogP contribution in [-0.2, 0) is 6.18 Å². The van der Waals surface area contributed by atoms with E-state index >= 15 is 0 Å². The van der Waals surface area contributed by atoms with Gasteiger partial charge in [0, 0.05) is 5.56 Å². The fourth-order valence-electron chi connectivity index (χ4n) is 2.30. The van der Waals surface area contributed by atoms with Gasteiger partial charge in [-0.05, 0) is 41.7 Å². The standard InChI is InChI=1S/C20H19F3O/c1-3-14(2)16-8-10-17(11-9-16)19(24)12-7-15-5-4-6-18(13-15)20(21,22)23/h4-14H,3H2,1-2H3. The molecule has 4 heteroatoms. The highest BCUT2D eigenvalue weighted by atomic mass is 19.4. The smallest absolute Gasteiger partial charge is 0.289 e. The summed E-state index contributed by atoms with van der Waals surface area (Å²) < 4.78 is 38.0. The van der Waals surface area contributed by atoms with Crippen molar-refractivity contribution < 1.29 is 18.0 Å². The maximum absolute atomic E-state index is 12.7. The van der Waals surface area contributed by atoms with Gasteiger partial charge in [0.15, 0.2) is 5.78 Å². The second-order valence-corrected chi connectivity index (χ2v) is 5.75. The monoisotopic (exact) mass is 332 g/mol. The molecule has 0 aliphatic rings. The summed E-state index contributed by atoms with van der Waals surface area (Å²) in [6, 6.07) is 12.2. The second kappa shape index (κ2) is 7.47. The number of halogens is 3. The zero-order valence-corrected chi connectivity index (χ0v) is 13.6. The SMILES string of the molecule is CCC(C)c1ccc(C(=O)C=Cc2cccc(C(F)(F)F)c2)cc1. The van der Waals surface area contributed by atoms with Gasteiger partial charge in [0.25, 0.3) is 0 Å². The fourth-order valence-corrected chi connectivity index (χ4v) is 2.30. The van der Waals surface area contributed by atoms with Gasteiger partial charge >= 0.3 is 6.18 Å². The Kier molecular flexibility index (Phi) is 5.60. The summed E-state index contributed by atoms with van der Waals surface area (Å²) in [4.78, 5) is 12.1. The van der Waals surface area contributed by atoms with Gasteiger partial charge < -0.3 is 0 Å². The molecule has 0 heterocycles. The fraction of sp³-hybridized carbons (Fsp3) is 0.250. The molecule has 0 saturated carbocycles. The summed E-state index contributed by atoms with van der Waals surface area (Å²) in [6.45, 7) is 4.21. The van der Waals surface area contributed by atoms with Crippen molar-refractivity contribution in [2.75, 3.05) is 0 Å². The first kappa shape index (κ1) is 18.0. The molecule has 0 fully saturated rings. The van der Waals surface area contributed by atoms with Crippen molar-refractivity contribution in [3.63, 3.8) is 0 Å². The minimum atomic E-state index is -4.39. The predicted octanol–water partition coefficient (Wildman–Crippen LogP) is 6.12. The number of alkyl halides is 3. The Bertz CT molecular complexity index is 727. The number of allylic oxidation sites excluding steroid dienone is 1. The van der Waals surface area contributed by atoms with E-state index in [0.29, 0.717) is 17.0 Å². The van der Waals surface area contributed by atoms with Crippen LogP contribution in [0.4, 0.5) is 13.2 Å². The van der Waals surface area contributed by atoms with Crippen LogP contribution in [0.5, 0.6) is 0 Å². The molecule has 1 atom stereocenters. The molecule has 2 aromatic carbocycles. The van der Waals surface area contributed by atoms with Gasteiger partial charge in [-0.25, -0.2) is 0 Å². The molecule has 0 N–H and O–H groups in total. The number of hydrogen-bond acceptors (Lipinski definition) is 1. The Balaban J connectivity index is 2.13. The van der Waals surface area contributed by atoms with Crippen LogP contribution in [0.2, 0.25) is 0 Å². The minimum Gasteiger partial charge on any atom is -0.289 e. The van der Waals surface area contributed by atoms with Crippen LogP contribution in [0.3, 0.4) is 0 Å². The lowest BCUT2D eigenvalue weighted by Crippen LogP contribution is -2.04. The van der Waals surface area contributed by atoms with Crippen molar-refractivity contribution in [3.8, 4) is 0 Å². The molecule has 1 unspecified atom stereocenters. The average molecular weight is 332 g/mol. The van der Waals surface area contributed by atoms with Crippen molar-refractivity contribution in [1.29, 1.82) is 0 Å². The summed E-state index contributed by atoms with van der Waals surface area (Å²) in [5, 5.41) is 0. The summed E-state index contributed by atoms with van der Waals surface area (Å²) in [5.74, 6) is 0.193. The van der Waals surface area contributed by atoms with Gasteiger partial charge in [-0.2, -0.15) is 13.2 Å². The Morgan fingerprint density at radius 2 is 1.79 bits per heavy atom. The summed E-state index contributed by atoms with van der Waals surface area (Å²) in [7, 11) is 0. The lowest BCUT2D eigenvalue weighted by Gasteiger charge is -2.08. The first-order chi connectivity index (χ1) is 11.3. The highest BCUT2D eigenvalue weighted by Gasteiger charge is 2.30. The first-order valence-electron chi connectivity index (χ1n) is 7.81. The normalized spacial score (nSPS) is 13.2. The van der Waals surface area contributed by atoms with Gasteiger partial charge in [0.1, 0.15) is 0 Å². The quantitative estimate of drug-likeness (QED) is 0.476. The molecule has 0 aliphatic heterocycles. The molecule has 0 bridgehead atoms. The van der Waals surface area contributed by atoms with E-state index in [1.54, 1.807) is 12.1 Å². The van der Waals surface area contributed by atoms with E-state index in [2.05, 4.69) is 13.8 Å². The van der Waals surface area contributed by atoms with E-state index in [1.807, 2.05) is 12.1 Å². The average Bonchev–Trinajstić information content (AvgIpc) is 2.58. The third-order valence-electron chi connectivity index (χ3n) is 4.02. The van der Waals surface area contributed by atoms with Crippen LogP contribution in [0.15, 0.2) is 54.6 Å². The Labute approximate surface area is 139 Å². The Morgan fingerprint density at radius 1 is 1.12 bits per heavy atom. The lowest BCUT2D eigenvalue weighted by molar-refractivity contribution is -0.137. The van der Waals surface area contributed by atoms with Crippen molar-refractivity contribution in [2.45, 2.75) is 32.4 Å². The zero-order valence-electron chi connectivity index (χ0n) is 13.6. The van der Waals surface area contributed by atoms with E-state index in [4.69, 9.17) is 0 Å². The highest BCUT2D eigenvalue weighted by Crippen LogP contribution is 2.29. The molecule has 0 radical (unpaired) electrons. The maximum atomic E-state index is 12.7. The minimum absolute atomic E-state index is 0.233. The third-order valence-corrected chi connectivity index (χ3v) is 4.02. The molecule has 0 spiro atoms. The number of carbonyl (C=O) groups is 1. The van der Waals surface area contributed by atoms with Crippen LogP contribution >= 0.6 is 0 Å². The molecule has 0 aromatic heterocycles. The predicted molar refractivity (Wildman–Crippen MR) is 90.0 cm³/mol. The molecule has 0 aliphatic carbocycles. The highest BCUT2D eigenvalue weighted by molar-refractivity contribution is 6.06. The summed E-state index contributed by atoms with van der Waals surface area (Å²) in [6.07, 6.45) is -0.670. The van der Waals surface area contributed by atoms with E-state index in [1.165, 1.54) is 24.3 Å². The molecule has 2 rings (SSSR count). The van der Waals surface area contributed by atoms with E-state index in [0.717, 1.165) is 24.1 Å². The van der Waals surface area contributed by atoms with Gasteiger partial charge in [-0.1, -0.05) is 56.3 Å². The van der Waals surface area contributed by atoms with Gasteiger partial charge in [0.05, 0.1) is 5.56 Å². The molecule has 1 nitrogen and oxygen atoms in total. The largest absolute Gasteiger partial charge is 0.416 e. The first-order valence-corrected chi connectivity index (χ1v) is 7.81. The molecule has 126 valence electrons. The number of benzene rings is 2. The number of ketones is 1. The van der Waals surface area contributed by atoms with Gasteiger partial charge in [0.2, 0.25) is 0 Å². The molecule has 0 amide bonds. The van der Waals surface area contributed by atoms with E-state index < -0.39 is 11.7 Å². The number of rotatable bonds is 5. The molecule has 0 saturated heterocycles. The van der Waals surface area contributed by atoms with Crippen LogP contribution in [0.1, 0.15) is 53.2 Å². The Morgan fingerprint density at radius 3 is 2.38 bits per heavy atom. The van der Waals surface area contributed by atoms with Crippen LogP contribution in [0, 0.1) is 0 Å². The number of hydrogen-bond donors (Lipinski definition) is 0. The van der Waals surface area contributed by atoms with Crippen LogP contribution < -0.4 is 0 Å². The van der Waals surface area contributed by atoms with Crippen molar-refractivity contribution in [1.82, 2.24) is 0 Å². The topological polar surface area (TPSA) is 17.1 Å².